The fourth-order valence-corrected chi connectivity index (χ4v) is 5.02. The Kier molecular flexibility index (Phi) is 4.95. The van der Waals surface area contributed by atoms with Gasteiger partial charge in [0.25, 0.3) is 0 Å². The zero-order valence-corrected chi connectivity index (χ0v) is 18.3. The first kappa shape index (κ1) is 20.1. The lowest BCUT2D eigenvalue weighted by molar-refractivity contribution is -0.132. The quantitative estimate of drug-likeness (QED) is 0.563. The van der Waals surface area contributed by atoms with E-state index in [0.29, 0.717) is 30.6 Å². The largest absolute Gasteiger partial charge is 0.457 e. The maximum atomic E-state index is 12.8. The average molecular weight is 444 g/mol. The molecule has 8 heteroatoms. The number of rotatable bonds is 5. The molecular formula is C25H25N5O3. The van der Waals surface area contributed by atoms with Crippen LogP contribution in [0.25, 0.3) is 5.69 Å². The SMILES string of the molecule is O=C1OCc2cc(C3CC3N3CCN(C(=O)Cc4ccc(-n5cncn5)cc4)CC3)ccc21. The van der Waals surface area contributed by atoms with Gasteiger partial charge in [-0.2, -0.15) is 5.10 Å². The molecule has 2 aromatic carbocycles. The van der Waals surface area contributed by atoms with Crippen LogP contribution in [0.3, 0.4) is 0 Å². The number of fused-ring (bicyclic) bond motifs is 1. The number of esters is 1. The molecule has 3 aliphatic rings. The van der Waals surface area contributed by atoms with Gasteiger partial charge in [-0.25, -0.2) is 14.5 Å². The maximum Gasteiger partial charge on any atom is 0.338 e. The third-order valence-corrected chi connectivity index (χ3v) is 7.00. The Morgan fingerprint density at radius 2 is 1.88 bits per heavy atom. The van der Waals surface area contributed by atoms with Crippen LogP contribution in [0.2, 0.25) is 0 Å². The minimum atomic E-state index is -0.212. The molecule has 3 heterocycles. The third-order valence-electron chi connectivity index (χ3n) is 7.00. The first-order valence-electron chi connectivity index (χ1n) is 11.4. The topological polar surface area (TPSA) is 80.6 Å². The molecule has 2 unspecified atom stereocenters. The van der Waals surface area contributed by atoms with Gasteiger partial charge >= 0.3 is 5.97 Å². The molecule has 1 aromatic heterocycles. The van der Waals surface area contributed by atoms with Crippen LogP contribution in [0.5, 0.6) is 0 Å². The molecule has 168 valence electrons. The molecule has 2 aliphatic heterocycles. The second kappa shape index (κ2) is 8.12. The first-order valence-corrected chi connectivity index (χ1v) is 11.4. The van der Waals surface area contributed by atoms with Crippen LogP contribution in [0.15, 0.2) is 55.1 Å². The van der Waals surface area contributed by atoms with Crippen LogP contribution in [-0.4, -0.2) is 68.7 Å². The van der Waals surface area contributed by atoms with Gasteiger partial charge in [0.2, 0.25) is 5.91 Å². The van der Waals surface area contributed by atoms with Crippen molar-refractivity contribution in [2.45, 2.75) is 31.4 Å². The smallest absolute Gasteiger partial charge is 0.338 e. The summed E-state index contributed by atoms with van der Waals surface area (Å²) in [4.78, 5) is 33.0. The second-order valence-electron chi connectivity index (χ2n) is 9.00. The molecule has 8 nitrogen and oxygen atoms in total. The normalized spacial score (nSPS) is 22.2. The molecule has 1 saturated heterocycles. The highest BCUT2D eigenvalue weighted by atomic mass is 16.5. The van der Waals surface area contributed by atoms with Crippen molar-refractivity contribution in [2.75, 3.05) is 26.2 Å². The van der Waals surface area contributed by atoms with E-state index in [1.807, 2.05) is 35.2 Å². The number of nitrogens with zero attached hydrogens (tertiary/aromatic N) is 5. The van der Waals surface area contributed by atoms with E-state index in [1.165, 1.54) is 11.9 Å². The first-order chi connectivity index (χ1) is 16.2. The highest BCUT2D eigenvalue weighted by Crippen LogP contribution is 2.45. The molecule has 1 aliphatic carbocycles. The molecule has 1 saturated carbocycles. The number of piperazine rings is 1. The van der Waals surface area contributed by atoms with Crippen molar-refractivity contribution in [1.29, 1.82) is 0 Å². The number of hydrogen-bond acceptors (Lipinski definition) is 6. The lowest BCUT2D eigenvalue weighted by atomic mass is 10.0. The van der Waals surface area contributed by atoms with Gasteiger partial charge in [-0.3, -0.25) is 9.69 Å². The molecule has 0 bridgehead atoms. The number of ether oxygens (including phenoxy) is 1. The van der Waals surface area contributed by atoms with Crippen LogP contribution in [0, 0.1) is 0 Å². The zero-order chi connectivity index (χ0) is 22.4. The van der Waals surface area contributed by atoms with Crippen LogP contribution in [-0.2, 0) is 22.6 Å². The molecule has 2 fully saturated rings. The highest BCUT2D eigenvalue weighted by Gasteiger charge is 2.44. The van der Waals surface area contributed by atoms with Crippen LogP contribution in [0.1, 0.15) is 39.4 Å². The molecule has 2 atom stereocenters. The molecular weight excluding hydrogens is 418 g/mol. The van der Waals surface area contributed by atoms with Gasteiger partial charge in [0.15, 0.2) is 0 Å². The van der Waals surface area contributed by atoms with Gasteiger partial charge in [-0.15, -0.1) is 0 Å². The number of carbonyl (C=O) groups excluding carboxylic acids is 2. The number of amides is 1. The summed E-state index contributed by atoms with van der Waals surface area (Å²) >= 11 is 0. The van der Waals surface area contributed by atoms with E-state index in [4.69, 9.17) is 4.74 Å². The summed E-state index contributed by atoms with van der Waals surface area (Å²) in [5.41, 5.74) is 4.94. The van der Waals surface area contributed by atoms with Crippen molar-refractivity contribution in [3.8, 4) is 5.69 Å². The number of cyclic esters (lactones) is 1. The van der Waals surface area contributed by atoms with Crippen molar-refractivity contribution in [1.82, 2.24) is 24.6 Å². The van der Waals surface area contributed by atoms with Crippen LogP contribution < -0.4 is 0 Å². The minimum absolute atomic E-state index is 0.179. The summed E-state index contributed by atoms with van der Waals surface area (Å²) in [5.74, 6) is 0.478. The van der Waals surface area contributed by atoms with Gasteiger partial charge < -0.3 is 9.64 Å². The monoisotopic (exact) mass is 443 g/mol. The molecule has 0 radical (unpaired) electrons. The summed E-state index contributed by atoms with van der Waals surface area (Å²) < 4.78 is 6.83. The van der Waals surface area contributed by atoms with E-state index in [1.54, 1.807) is 11.0 Å². The number of carbonyl (C=O) groups is 2. The van der Waals surface area contributed by atoms with E-state index < -0.39 is 0 Å². The average Bonchev–Trinajstić information content (AvgIpc) is 3.28. The predicted molar refractivity (Wildman–Crippen MR) is 120 cm³/mol. The van der Waals surface area contributed by atoms with E-state index in [-0.39, 0.29) is 11.9 Å². The molecule has 0 spiro atoms. The molecule has 0 N–H and O–H groups in total. The van der Waals surface area contributed by atoms with Crippen LogP contribution in [0.4, 0.5) is 0 Å². The van der Waals surface area contributed by atoms with Crippen molar-refractivity contribution >= 4 is 11.9 Å². The van der Waals surface area contributed by atoms with Crippen LogP contribution >= 0.6 is 0 Å². The predicted octanol–water partition coefficient (Wildman–Crippen LogP) is 2.18. The summed E-state index contributed by atoms with van der Waals surface area (Å²) in [7, 11) is 0. The van der Waals surface area contributed by atoms with Crippen molar-refractivity contribution in [2.24, 2.45) is 0 Å². The standard InChI is InChI=1S/C25H25N5O3/c31-24(11-17-1-4-20(5-2-17)30-16-26-15-27-30)29-9-7-28(8-10-29)23-13-22(23)18-3-6-21-19(12-18)14-33-25(21)32/h1-6,12,15-16,22-23H,7-11,13-14H2. The zero-order valence-electron chi connectivity index (χ0n) is 18.3. The highest BCUT2D eigenvalue weighted by molar-refractivity contribution is 5.93. The third kappa shape index (κ3) is 3.91. The van der Waals surface area contributed by atoms with Gasteiger partial charge in [0, 0.05) is 43.7 Å². The van der Waals surface area contributed by atoms with Crippen molar-refractivity contribution < 1.29 is 14.3 Å². The van der Waals surface area contributed by atoms with Gasteiger partial charge in [0.05, 0.1) is 17.7 Å². The number of aromatic nitrogens is 3. The Balaban J connectivity index is 1.01. The Bertz CT molecular complexity index is 1180. The Morgan fingerprint density at radius 3 is 2.64 bits per heavy atom. The molecule has 1 amide bonds. The van der Waals surface area contributed by atoms with E-state index in [2.05, 4.69) is 27.1 Å². The molecule has 33 heavy (non-hydrogen) atoms. The lowest BCUT2D eigenvalue weighted by Gasteiger charge is -2.35. The van der Waals surface area contributed by atoms with E-state index in [9.17, 15) is 9.59 Å². The number of hydrogen-bond donors (Lipinski definition) is 0. The van der Waals surface area contributed by atoms with Gasteiger partial charge in [0.1, 0.15) is 19.3 Å². The summed E-state index contributed by atoms with van der Waals surface area (Å²) in [6.07, 6.45) is 4.72. The van der Waals surface area contributed by atoms with Gasteiger partial charge in [-0.05, 0) is 35.7 Å². The molecule has 3 aromatic rings. The summed E-state index contributed by atoms with van der Waals surface area (Å²) in [6, 6.07) is 14.5. The Morgan fingerprint density at radius 1 is 1.06 bits per heavy atom. The van der Waals surface area contributed by atoms with Crippen molar-refractivity contribution in [3.05, 3.63) is 77.4 Å². The second-order valence-corrected chi connectivity index (χ2v) is 9.00. The molecule has 6 rings (SSSR count). The lowest BCUT2D eigenvalue weighted by Crippen LogP contribution is -2.50. The summed E-state index contributed by atoms with van der Waals surface area (Å²) in [5, 5.41) is 4.13. The van der Waals surface area contributed by atoms with E-state index >= 15 is 0 Å². The van der Waals surface area contributed by atoms with Crippen molar-refractivity contribution in [3.63, 3.8) is 0 Å². The fraction of sp³-hybridized carbons (Fsp3) is 0.360. The Hall–Kier alpha value is -3.52. The van der Waals surface area contributed by atoms with Gasteiger partial charge in [-0.1, -0.05) is 24.3 Å². The summed E-state index contributed by atoms with van der Waals surface area (Å²) in [6.45, 7) is 3.75. The number of benzene rings is 2. The minimum Gasteiger partial charge on any atom is -0.457 e. The Labute approximate surface area is 191 Å². The van der Waals surface area contributed by atoms with E-state index in [0.717, 1.165) is 49.4 Å². The fourth-order valence-electron chi connectivity index (χ4n) is 5.02. The maximum absolute atomic E-state index is 12.8.